The van der Waals surface area contributed by atoms with Crippen LogP contribution in [0.1, 0.15) is 0 Å². The summed E-state index contributed by atoms with van der Waals surface area (Å²) in [5.74, 6) is 0.737. The zero-order valence-corrected chi connectivity index (χ0v) is 10.7. The highest BCUT2D eigenvalue weighted by molar-refractivity contribution is 6.28. The number of nitrogens with one attached hydrogen (secondary N) is 1. The Bertz CT molecular complexity index is 689. The highest BCUT2D eigenvalue weighted by atomic mass is 35.5. The van der Waals surface area contributed by atoms with Crippen LogP contribution in [0, 0.1) is 0 Å². The van der Waals surface area contributed by atoms with E-state index in [1.54, 1.807) is 40.4 Å². The Labute approximate surface area is 113 Å². The fourth-order valence-electron chi connectivity index (χ4n) is 1.50. The molecule has 0 radical (unpaired) electrons. The van der Waals surface area contributed by atoms with Crippen LogP contribution in [0.2, 0.25) is 5.28 Å². The van der Waals surface area contributed by atoms with Crippen molar-refractivity contribution in [2.75, 3.05) is 5.32 Å². The van der Waals surface area contributed by atoms with Gasteiger partial charge in [-0.2, -0.15) is 20.1 Å². The minimum absolute atomic E-state index is 0.102. The quantitative estimate of drug-likeness (QED) is 0.773. The molecule has 19 heavy (non-hydrogen) atoms. The Morgan fingerprint density at radius 1 is 1.26 bits per heavy atom. The summed E-state index contributed by atoms with van der Waals surface area (Å²) in [5, 5.41) is 7.15. The van der Waals surface area contributed by atoms with Crippen molar-refractivity contribution in [1.29, 1.82) is 0 Å². The number of nitrogens with zero attached hydrogens (tertiary/aromatic N) is 7. The average molecular weight is 277 g/mol. The van der Waals surface area contributed by atoms with Crippen molar-refractivity contribution < 1.29 is 0 Å². The molecule has 0 bridgehead atoms. The van der Waals surface area contributed by atoms with E-state index in [1.807, 2.05) is 7.05 Å². The maximum atomic E-state index is 5.88. The Kier molecular flexibility index (Phi) is 2.84. The Hall–Kier alpha value is -2.48. The number of aryl methyl sites for hydroxylation is 1. The average Bonchev–Trinajstić information content (AvgIpc) is 3.00. The molecule has 0 spiro atoms. The van der Waals surface area contributed by atoms with E-state index in [0.717, 1.165) is 5.69 Å². The van der Waals surface area contributed by atoms with Crippen LogP contribution in [0.3, 0.4) is 0 Å². The van der Waals surface area contributed by atoms with Gasteiger partial charge >= 0.3 is 0 Å². The Balaban J connectivity index is 1.94. The number of anilines is 2. The molecule has 0 aliphatic rings. The second-order valence-electron chi connectivity index (χ2n) is 3.73. The predicted molar refractivity (Wildman–Crippen MR) is 68.4 cm³/mol. The van der Waals surface area contributed by atoms with Crippen molar-refractivity contribution >= 4 is 23.2 Å². The molecule has 1 N–H and O–H groups in total. The number of imidazole rings is 1. The van der Waals surface area contributed by atoms with Crippen LogP contribution < -0.4 is 5.32 Å². The number of hydrogen-bond acceptors (Lipinski definition) is 6. The fraction of sp³-hybridized carbons (Fsp3) is 0.100. The highest BCUT2D eigenvalue weighted by Crippen LogP contribution is 2.14. The molecule has 8 nitrogen and oxygen atoms in total. The molecule has 3 heterocycles. The zero-order valence-electron chi connectivity index (χ0n) is 9.90. The summed E-state index contributed by atoms with van der Waals surface area (Å²) in [7, 11) is 1.82. The van der Waals surface area contributed by atoms with Gasteiger partial charge in [-0.15, -0.1) is 0 Å². The van der Waals surface area contributed by atoms with Gasteiger partial charge < -0.3 is 5.32 Å². The Morgan fingerprint density at radius 3 is 2.84 bits per heavy atom. The first-order valence-corrected chi connectivity index (χ1v) is 5.74. The summed E-state index contributed by atoms with van der Waals surface area (Å²) in [6.07, 6.45) is 8.40. The lowest BCUT2D eigenvalue weighted by Gasteiger charge is -2.04. The van der Waals surface area contributed by atoms with E-state index in [1.165, 1.54) is 0 Å². The summed E-state index contributed by atoms with van der Waals surface area (Å²) >= 11 is 5.88. The van der Waals surface area contributed by atoms with Gasteiger partial charge in [0.05, 0.1) is 11.9 Å². The second kappa shape index (κ2) is 4.65. The van der Waals surface area contributed by atoms with Crippen molar-refractivity contribution in [3.05, 3.63) is 36.4 Å². The minimum Gasteiger partial charge on any atom is -0.321 e. The lowest BCUT2D eigenvalue weighted by molar-refractivity contribution is 0.768. The first kappa shape index (κ1) is 11.6. The third-order valence-corrected chi connectivity index (χ3v) is 2.46. The molecular formula is C10H9ClN8. The largest absolute Gasteiger partial charge is 0.321 e. The van der Waals surface area contributed by atoms with Gasteiger partial charge in [0.15, 0.2) is 0 Å². The van der Waals surface area contributed by atoms with Crippen molar-refractivity contribution in [1.82, 2.24) is 34.3 Å². The van der Waals surface area contributed by atoms with Gasteiger partial charge in [-0.1, -0.05) is 0 Å². The lowest BCUT2D eigenvalue weighted by Crippen LogP contribution is -2.05. The number of aromatic nitrogens is 7. The molecule has 3 aromatic rings. The molecule has 0 saturated heterocycles. The highest BCUT2D eigenvalue weighted by Gasteiger charge is 2.07. The standard InChI is InChI=1S/C10H9ClN8/c1-18-5-7(4-13-18)14-9-15-8(11)16-10(17-9)19-3-2-12-6-19/h2-6H,1H3,(H,14,15,16,17). The van der Waals surface area contributed by atoms with Crippen molar-refractivity contribution in [3.63, 3.8) is 0 Å². The summed E-state index contributed by atoms with van der Waals surface area (Å²) in [5.41, 5.74) is 0.765. The minimum atomic E-state index is 0.102. The molecule has 0 aliphatic carbocycles. The molecule has 0 amide bonds. The first-order chi connectivity index (χ1) is 9.20. The third-order valence-electron chi connectivity index (χ3n) is 2.29. The molecular weight excluding hydrogens is 268 g/mol. The number of hydrogen-bond donors (Lipinski definition) is 1. The lowest BCUT2D eigenvalue weighted by atomic mass is 10.6. The number of rotatable bonds is 3. The van der Waals surface area contributed by atoms with Crippen LogP contribution >= 0.6 is 11.6 Å². The first-order valence-electron chi connectivity index (χ1n) is 5.36. The van der Waals surface area contributed by atoms with Crippen molar-refractivity contribution in [2.45, 2.75) is 0 Å². The summed E-state index contributed by atoms with van der Waals surface area (Å²) < 4.78 is 3.31. The van der Waals surface area contributed by atoms with Gasteiger partial charge in [0.1, 0.15) is 6.33 Å². The van der Waals surface area contributed by atoms with E-state index in [4.69, 9.17) is 11.6 Å². The van der Waals surface area contributed by atoms with Gasteiger partial charge in [-0.05, 0) is 11.6 Å². The maximum Gasteiger partial charge on any atom is 0.241 e. The topological polar surface area (TPSA) is 86.3 Å². The van der Waals surface area contributed by atoms with Crippen LogP contribution in [0.25, 0.3) is 5.95 Å². The van der Waals surface area contributed by atoms with Crippen LogP contribution in [0.4, 0.5) is 11.6 Å². The van der Waals surface area contributed by atoms with Crippen molar-refractivity contribution in [3.8, 4) is 5.95 Å². The summed E-state index contributed by atoms with van der Waals surface area (Å²) in [6.45, 7) is 0. The SMILES string of the molecule is Cn1cc(Nc2nc(Cl)nc(-n3ccnc3)n2)cn1. The van der Waals surface area contributed by atoms with Gasteiger partial charge in [-0.3, -0.25) is 9.25 Å². The molecule has 3 rings (SSSR count). The van der Waals surface area contributed by atoms with Crippen molar-refractivity contribution in [2.24, 2.45) is 7.05 Å². The molecule has 0 aromatic carbocycles. The molecule has 96 valence electrons. The zero-order chi connectivity index (χ0) is 13.2. The normalized spacial score (nSPS) is 10.6. The molecule has 3 aromatic heterocycles. The summed E-state index contributed by atoms with van der Waals surface area (Å²) in [4.78, 5) is 16.2. The van der Waals surface area contributed by atoms with Crippen LogP contribution in [-0.4, -0.2) is 34.3 Å². The monoisotopic (exact) mass is 276 g/mol. The molecule has 0 atom stereocenters. The Morgan fingerprint density at radius 2 is 2.16 bits per heavy atom. The maximum absolute atomic E-state index is 5.88. The van der Waals surface area contributed by atoms with Gasteiger partial charge in [0.25, 0.3) is 0 Å². The van der Waals surface area contributed by atoms with Crippen LogP contribution in [0.5, 0.6) is 0 Å². The molecule has 0 saturated carbocycles. The number of halogens is 1. The van der Waals surface area contributed by atoms with Gasteiger partial charge in [0, 0.05) is 25.6 Å². The summed E-state index contributed by atoms with van der Waals surface area (Å²) in [6, 6.07) is 0. The predicted octanol–water partition coefficient (Wildman–Crippen LogP) is 1.19. The van der Waals surface area contributed by atoms with Gasteiger partial charge in [0.2, 0.25) is 17.2 Å². The van der Waals surface area contributed by atoms with E-state index in [9.17, 15) is 0 Å². The second-order valence-corrected chi connectivity index (χ2v) is 4.06. The fourth-order valence-corrected chi connectivity index (χ4v) is 1.66. The van der Waals surface area contributed by atoms with E-state index >= 15 is 0 Å². The third kappa shape index (κ3) is 2.52. The van der Waals surface area contributed by atoms with E-state index in [-0.39, 0.29) is 5.28 Å². The molecule has 0 unspecified atom stereocenters. The smallest absolute Gasteiger partial charge is 0.241 e. The van der Waals surface area contributed by atoms with E-state index in [0.29, 0.717) is 11.9 Å². The van der Waals surface area contributed by atoms with Crippen LogP contribution in [0.15, 0.2) is 31.1 Å². The van der Waals surface area contributed by atoms with Crippen LogP contribution in [-0.2, 0) is 7.05 Å². The molecule has 0 fully saturated rings. The van der Waals surface area contributed by atoms with E-state index < -0.39 is 0 Å². The molecule has 0 aliphatic heterocycles. The molecule has 9 heteroatoms. The van der Waals surface area contributed by atoms with E-state index in [2.05, 4.69) is 30.4 Å². The van der Waals surface area contributed by atoms with Gasteiger partial charge in [-0.25, -0.2) is 4.98 Å².